The van der Waals surface area contributed by atoms with Gasteiger partial charge in [0, 0.05) is 28.4 Å². The molecule has 6 rings (SSSR count). The number of anilines is 6. The fourth-order valence-corrected chi connectivity index (χ4v) is 4.54. The minimum absolute atomic E-state index is 0.0233. The Balaban J connectivity index is 1.22. The van der Waals surface area contributed by atoms with Gasteiger partial charge in [0.25, 0.3) is 0 Å². The second-order valence-corrected chi connectivity index (χ2v) is 9.21. The molecular weight excluding hydrogens is 473 g/mol. The molecule has 2 amide bonds. The molecule has 9 nitrogen and oxygen atoms in total. The Hall–Kier alpha value is -4.73. The first-order valence-electron chi connectivity index (χ1n) is 11.8. The number of hydrogen-bond donors (Lipinski definition) is 5. The van der Waals surface area contributed by atoms with Crippen LogP contribution in [0.2, 0.25) is 0 Å². The molecule has 1 fully saturated rings. The van der Waals surface area contributed by atoms with Crippen LogP contribution in [0.15, 0.2) is 78.7 Å². The van der Waals surface area contributed by atoms with E-state index in [1.807, 2.05) is 0 Å². The van der Waals surface area contributed by atoms with Crippen molar-refractivity contribution < 1.29 is 14.0 Å². The number of aromatic nitrogens is 2. The third-order valence-corrected chi connectivity index (χ3v) is 6.63. The summed E-state index contributed by atoms with van der Waals surface area (Å²) in [6.45, 7) is 3.42. The fourth-order valence-electron chi connectivity index (χ4n) is 4.54. The highest BCUT2D eigenvalue weighted by Gasteiger charge is 2.50. The van der Waals surface area contributed by atoms with Crippen molar-refractivity contribution in [1.82, 2.24) is 9.97 Å². The van der Waals surface area contributed by atoms with Crippen LogP contribution in [0.4, 0.5) is 38.9 Å². The summed E-state index contributed by atoms with van der Waals surface area (Å²) in [7, 11) is 0. The molecule has 0 saturated heterocycles. The van der Waals surface area contributed by atoms with Crippen LogP contribution in [-0.4, -0.2) is 21.8 Å². The van der Waals surface area contributed by atoms with Crippen LogP contribution in [0, 0.1) is 11.2 Å². The molecule has 3 aliphatic rings. The van der Waals surface area contributed by atoms with Crippen molar-refractivity contribution in [1.29, 1.82) is 0 Å². The molecule has 0 spiro atoms. The van der Waals surface area contributed by atoms with Crippen molar-refractivity contribution in [3.05, 3.63) is 84.5 Å². The maximum absolute atomic E-state index is 14.4. The lowest BCUT2D eigenvalue weighted by Crippen LogP contribution is -2.47. The normalized spacial score (nSPS) is 15.3. The molecule has 1 saturated carbocycles. The molecule has 0 radical (unpaired) electrons. The molecule has 10 heteroatoms. The maximum Gasteiger partial charge on any atom is 0.247 e. The van der Waals surface area contributed by atoms with Gasteiger partial charge in [-0.05, 0) is 79.8 Å². The Morgan fingerprint density at radius 1 is 1.00 bits per heavy atom. The van der Waals surface area contributed by atoms with Crippen molar-refractivity contribution >= 4 is 46.3 Å². The Morgan fingerprint density at radius 3 is 2.43 bits per heavy atom. The van der Waals surface area contributed by atoms with Crippen LogP contribution in [0.1, 0.15) is 25.7 Å². The van der Waals surface area contributed by atoms with Gasteiger partial charge in [-0.15, -0.1) is 0 Å². The van der Waals surface area contributed by atoms with Crippen molar-refractivity contribution in [2.45, 2.75) is 25.7 Å². The van der Waals surface area contributed by atoms with Crippen LogP contribution in [0.3, 0.4) is 0 Å². The molecule has 3 aliphatic carbocycles. The average Bonchev–Trinajstić information content (AvgIpc) is 2.87. The van der Waals surface area contributed by atoms with Gasteiger partial charge in [-0.1, -0.05) is 12.6 Å². The van der Waals surface area contributed by atoms with E-state index in [1.165, 1.54) is 5.57 Å². The van der Waals surface area contributed by atoms with Gasteiger partial charge < -0.3 is 27.0 Å². The van der Waals surface area contributed by atoms with E-state index in [0.717, 1.165) is 43.7 Å². The minimum Gasteiger partial charge on any atom is -0.402 e. The molecular formula is C27H26FN7O2. The van der Waals surface area contributed by atoms with E-state index in [-0.39, 0.29) is 29.0 Å². The summed E-state index contributed by atoms with van der Waals surface area (Å²) in [4.78, 5) is 32.6. The highest BCUT2D eigenvalue weighted by atomic mass is 19.1. The quantitative estimate of drug-likeness (QED) is 0.277. The van der Waals surface area contributed by atoms with Crippen molar-refractivity contribution in [3.8, 4) is 0 Å². The third-order valence-electron chi connectivity index (χ3n) is 6.63. The Morgan fingerprint density at radius 2 is 1.73 bits per heavy atom. The van der Waals surface area contributed by atoms with Crippen LogP contribution < -0.4 is 27.0 Å². The average molecular weight is 500 g/mol. The lowest BCUT2D eigenvalue weighted by molar-refractivity contribution is -0.129. The van der Waals surface area contributed by atoms with E-state index < -0.39 is 5.82 Å². The highest BCUT2D eigenvalue weighted by molar-refractivity contribution is 5.99. The minimum atomic E-state index is -0.637. The number of amides is 2. The largest absolute Gasteiger partial charge is 0.402 e. The van der Waals surface area contributed by atoms with Crippen LogP contribution >= 0.6 is 0 Å². The second kappa shape index (κ2) is 9.73. The first-order chi connectivity index (χ1) is 17.8. The number of benzene rings is 2. The van der Waals surface area contributed by atoms with Gasteiger partial charge in [0.05, 0.1) is 11.6 Å². The first-order valence-corrected chi connectivity index (χ1v) is 11.8. The van der Waals surface area contributed by atoms with Gasteiger partial charge in [0.15, 0.2) is 11.6 Å². The first kappa shape index (κ1) is 24.0. The van der Waals surface area contributed by atoms with E-state index in [1.54, 1.807) is 48.5 Å². The lowest BCUT2D eigenvalue weighted by Gasteiger charge is -2.47. The molecule has 0 aliphatic heterocycles. The zero-order valence-electron chi connectivity index (χ0n) is 20.0. The van der Waals surface area contributed by atoms with Crippen molar-refractivity contribution in [3.63, 3.8) is 0 Å². The molecule has 3 aromatic rings. The van der Waals surface area contributed by atoms with Gasteiger partial charge in [-0.2, -0.15) is 4.98 Å². The lowest BCUT2D eigenvalue weighted by atomic mass is 9.58. The molecule has 1 heterocycles. The van der Waals surface area contributed by atoms with Gasteiger partial charge in [-0.3, -0.25) is 9.59 Å². The van der Waals surface area contributed by atoms with Crippen LogP contribution in [0.25, 0.3) is 0 Å². The van der Waals surface area contributed by atoms with E-state index in [2.05, 4.69) is 37.8 Å². The summed E-state index contributed by atoms with van der Waals surface area (Å²) < 4.78 is 14.4. The maximum atomic E-state index is 14.4. The fraction of sp³-hybridized carbons (Fsp3) is 0.185. The number of carbonyl (C=O) groups is 2. The summed E-state index contributed by atoms with van der Waals surface area (Å²) in [6, 6.07) is 13.9. The zero-order valence-corrected chi connectivity index (χ0v) is 20.0. The number of nitrogens with two attached hydrogens (primary N) is 1. The van der Waals surface area contributed by atoms with E-state index >= 15 is 0 Å². The SMILES string of the molecule is C=CC(=O)Nc1cccc(Nc2nc(Nc3ccc(NC(=O)C45CCC(N)=C(C4)C5)cc3)ncc2F)c1. The summed E-state index contributed by atoms with van der Waals surface area (Å²) in [5.74, 6) is -0.813. The number of hydrogen-bond acceptors (Lipinski definition) is 7. The summed E-state index contributed by atoms with van der Waals surface area (Å²) in [6.07, 6.45) is 5.27. The topological polar surface area (TPSA) is 134 Å². The predicted molar refractivity (Wildman–Crippen MR) is 141 cm³/mol. The van der Waals surface area contributed by atoms with E-state index in [9.17, 15) is 14.0 Å². The van der Waals surface area contributed by atoms with E-state index in [0.29, 0.717) is 22.7 Å². The molecule has 188 valence electrons. The Bertz CT molecular complexity index is 1410. The van der Waals surface area contributed by atoms with Crippen LogP contribution in [0.5, 0.6) is 0 Å². The number of carbonyl (C=O) groups excluding carboxylic acids is 2. The van der Waals surface area contributed by atoms with Gasteiger partial charge >= 0.3 is 0 Å². The molecule has 1 aromatic heterocycles. The number of rotatable bonds is 8. The predicted octanol–water partition coefficient (Wildman–Crippen LogP) is 4.95. The highest BCUT2D eigenvalue weighted by Crippen LogP contribution is 2.54. The zero-order chi connectivity index (χ0) is 26.0. The molecule has 0 atom stereocenters. The smallest absolute Gasteiger partial charge is 0.247 e. The molecule has 0 unspecified atom stereocenters. The van der Waals surface area contributed by atoms with Crippen molar-refractivity contribution in [2.24, 2.45) is 11.1 Å². The van der Waals surface area contributed by atoms with Crippen molar-refractivity contribution in [2.75, 3.05) is 21.3 Å². The van der Waals surface area contributed by atoms with Crippen LogP contribution in [-0.2, 0) is 9.59 Å². The Kier molecular flexibility index (Phi) is 6.31. The van der Waals surface area contributed by atoms with Gasteiger partial charge in [0.2, 0.25) is 17.8 Å². The molecule has 2 bridgehead atoms. The number of allylic oxidation sites excluding steroid dienone is 2. The van der Waals surface area contributed by atoms with Gasteiger partial charge in [-0.25, -0.2) is 9.37 Å². The van der Waals surface area contributed by atoms with E-state index in [4.69, 9.17) is 5.73 Å². The third kappa shape index (κ3) is 5.13. The molecule has 37 heavy (non-hydrogen) atoms. The second-order valence-electron chi connectivity index (χ2n) is 9.21. The summed E-state index contributed by atoms with van der Waals surface area (Å²) >= 11 is 0. The standard InChI is InChI=1S/C27H26FN7O2/c1-2-23(36)31-19-4-3-5-20(12-19)32-24-21(28)15-30-26(35-24)34-18-8-6-17(7-9-18)33-25(37)27-11-10-22(29)16(13-27)14-27/h2-9,12,15H,1,10-11,13-14,29H2,(H,31,36)(H,33,37)(H2,30,32,34,35). The van der Waals surface area contributed by atoms with Gasteiger partial charge in [0.1, 0.15) is 0 Å². The number of nitrogens with zero attached hydrogens (tertiary/aromatic N) is 2. The summed E-state index contributed by atoms with van der Waals surface area (Å²) in [5.41, 5.74) is 10.2. The Labute approximate surface area is 213 Å². The molecule has 6 N–H and O–H groups in total. The monoisotopic (exact) mass is 499 g/mol. The number of fused-ring (bicyclic) bond motifs is 2. The summed E-state index contributed by atoms with van der Waals surface area (Å²) in [5, 5.41) is 11.6. The molecule has 2 aromatic carbocycles. The number of nitrogens with one attached hydrogen (secondary N) is 4. The number of halogens is 1.